The van der Waals surface area contributed by atoms with Crippen LogP contribution in [0.4, 0.5) is 17.1 Å². The van der Waals surface area contributed by atoms with E-state index in [2.05, 4.69) is 5.32 Å². The monoisotopic (exact) mass is 369 g/mol. The second-order valence-electron chi connectivity index (χ2n) is 6.09. The van der Waals surface area contributed by atoms with Gasteiger partial charge < -0.3 is 15.0 Å². The fourth-order valence-corrected chi connectivity index (χ4v) is 3.09. The molecule has 0 bridgehead atoms. The fraction of sp³-hybridized carbons (Fsp3) is 0.263. The Bertz CT molecular complexity index is 926. The number of amides is 2. The van der Waals surface area contributed by atoms with Gasteiger partial charge in [0.05, 0.1) is 11.5 Å². The van der Waals surface area contributed by atoms with E-state index in [1.807, 2.05) is 6.07 Å². The quantitative estimate of drug-likeness (QED) is 0.644. The van der Waals surface area contributed by atoms with Gasteiger partial charge in [-0.2, -0.15) is 0 Å². The van der Waals surface area contributed by atoms with Crippen LogP contribution >= 0.6 is 0 Å². The van der Waals surface area contributed by atoms with Gasteiger partial charge in [0, 0.05) is 36.5 Å². The lowest BCUT2D eigenvalue weighted by Crippen LogP contribution is -2.25. The van der Waals surface area contributed by atoms with Gasteiger partial charge in [0.25, 0.3) is 5.91 Å². The van der Waals surface area contributed by atoms with Crippen molar-refractivity contribution < 1.29 is 19.2 Å². The molecule has 27 heavy (non-hydrogen) atoms. The summed E-state index contributed by atoms with van der Waals surface area (Å²) in [6, 6.07) is 9.42. The van der Waals surface area contributed by atoms with E-state index in [-0.39, 0.29) is 22.9 Å². The molecule has 0 spiro atoms. The molecule has 0 saturated carbocycles. The largest absolute Gasteiger partial charge is 0.487 e. The van der Waals surface area contributed by atoms with Crippen molar-refractivity contribution in [2.75, 3.05) is 23.4 Å². The molecule has 1 aliphatic rings. The first-order valence-corrected chi connectivity index (χ1v) is 8.54. The molecule has 140 valence electrons. The third-order valence-electron chi connectivity index (χ3n) is 4.33. The lowest BCUT2D eigenvalue weighted by Gasteiger charge is -2.15. The molecule has 0 fully saturated rings. The number of benzene rings is 2. The van der Waals surface area contributed by atoms with Crippen molar-refractivity contribution in [3.8, 4) is 5.75 Å². The topological polar surface area (TPSA) is 102 Å². The Hall–Kier alpha value is -3.42. The second kappa shape index (κ2) is 7.45. The number of rotatable bonds is 5. The number of nitrogens with one attached hydrogen (secondary N) is 1. The predicted molar refractivity (Wildman–Crippen MR) is 100 cm³/mol. The highest BCUT2D eigenvalue weighted by Crippen LogP contribution is 2.31. The minimum absolute atomic E-state index is 0.0211. The molecular formula is C19H19N3O5. The van der Waals surface area contributed by atoms with Crippen LogP contribution in [-0.2, 0) is 11.2 Å². The molecule has 1 heterocycles. The first-order chi connectivity index (χ1) is 12.9. The van der Waals surface area contributed by atoms with Crippen LogP contribution in [0, 0.1) is 10.1 Å². The summed E-state index contributed by atoms with van der Waals surface area (Å²) in [5.41, 5.74) is 2.30. The third kappa shape index (κ3) is 3.74. The predicted octanol–water partition coefficient (Wildman–Crippen LogP) is 3.15. The van der Waals surface area contributed by atoms with Crippen molar-refractivity contribution in [3.05, 3.63) is 57.6 Å². The number of hydrogen-bond donors (Lipinski definition) is 1. The van der Waals surface area contributed by atoms with Crippen molar-refractivity contribution in [1.29, 1.82) is 0 Å². The zero-order valence-electron chi connectivity index (χ0n) is 15.0. The summed E-state index contributed by atoms with van der Waals surface area (Å²) in [7, 11) is 0. The normalized spacial score (nSPS) is 12.4. The number of carbonyl (C=O) groups excluding carboxylic acids is 2. The Morgan fingerprint density at radius 1 is 1.26 bits per heavy atom. The highest BCUT2D eigenvalue weighted by Gasteiger charge is 2.23. The van der Waals surface area contributed by atoms with Crippen molar-refractivity contribution in [2.24, 2.45) is 0 Å². The number of nitro benzene ring substituents is 1. The van der Waals surface area contributed by atoms with Gasteiger partial charge in [0.2, 0.25) is 5.91 Å². The van der Waals surface area contributed by atoms with Gasteiger partial charge in [-0.15, -0.1) is 0 Å². The Morgan fingerprint density at radius 2 is 2.04 bits per heavy atom. The molecule has 8 heteroatoms. The summed E-state index contributed by atoms with van der Waals surface area (Å²) in [5, 5.41) is 13.9. The molecule has 0 radical (unpaired) electrons. The molecule has 8 nitrogen and oxygen atoms in total. The zero-order valence-corrected chi connectivity index (χ0v) is 15.0. The van der Waals surface area contributed by atoms with Gasteiger partial charge in [0.1, 0.15) is 0 Å². The summed E-state index contributed by atoms with van der Waals surface area (Å²) in [4.78, 5) is 36.4. The molecule has 2 amide bonds. The molecule has 0 aromatic heterocycles. The number of nitro groups is 1. The number of hydrogen-bond acceptors (Lipinski definition) is 5. The van der Waals surface area contributed by atoms with Gasteiger partial charge in [-0.3, -0.25) is 19.7 Å². The lowest BCUT2D eigenvalue weighted by atomic mass is 10.1. The van der Waals surface area contributed by atoms with E-state index in [0.29, 0.717) is 25.3 Å². The van der Waals surface area contributed by atoms with Crippen LogP contribution < -0.4 is 15.0 Å². The Kier molecular flexibility index (Phi) is 5.07. The molecule has 2 aromatic rings. The summed E-state index contributed by atoms with van der Waals surface area (Å²) in [6.07, 6.45) is 0.715. The van der Waals surface area contributed by atoms with Crippen molar-refractivity contribution in [1.82, 2.24) is 0 Å². The highest BCUT2D eigenvalue weighted by molar-refractivity contribution is 6.05. The van der Waals surface area contributed by atoms with E-state index < -0.39 is 10.8 Å². The molecule has 0 atom stereocenters. The Labute approximate surface area is 155 Å². The number of anilines is 2. The molecule has 0 saturated heterocycles. The van der Waals surface area contributed by atoms with Crippen LogP contribution in [-0.4, -0.2) is 29.9 Å². The SMILES string of the molecule is CCOc1ccc(C(=O)Nc2ccc3c(c2)CCN3C(C)=O)cc1[N+](=O)[O-]. The first kappa shape index (κ1) is 18.4. The average molecular weight is 369 g/mol. The second-order valence-corrected chi connectivity index (χ2v) is 6.09. The van der Waals surface area contributed by atoms with E-state index in [4.69, 9.17) is 4.74 Å². The number of fused-ring (bicyclic) bond motifs is 1. The summed E-state index contributed by atoms with van der Waals surface area (Å²) >= 11 is 0. The summed E-state index contributed by atoms with van der Waals surface area (Å²) in [6.45, 7) is 4.15. The Morgan fingerprint density at radius 3 is 2.70 bits per heavy atom. The van der Waals surface area contributed by atoms with Gasteiger partial charge in [-0.25, -0.2) is 0 Å². The maximum absolute atomic E-state index is 12.5. The van der Waals surface area contributed by atoms with E-state index in [0.717, 1.165) is 11.3 Å². The number of carbonyl (C=O) groups is 2. The summed E-state index contributed by atoms with van der Waals surface area (Å²) < 4.78 is 5.23. The summed E-state index contributed by atoms with van der Waals surface area (Å²) in [5.74, 6) is -0.351. The third-order valence-corrected chi connectivity index (χ3v) is 4.33. The molecule has 3 rings (SSSR count). The van der Waals surface area contributed by atoms with E-state index in [9.17, 15) is 19.7 Å². The van der Waals surface area contributed by atoms with Crippen LogP contribution in [0.3, 0.4) is 0 Å². The van der Waals surface area contributed by atoms with Crippen LogP contribution in [0.25, 0.3) is 0 Å². The fourth-order valence-electron chi connectivity index (χ4n) is 3.09. The van der Waals surface area contributed by atoms with E-state index >= 15 is 0 Å². The first-order valence-electron chi connectivity index (χ1n) is 8.54. The van der Waals surface area contributed by atoms with E-state index in [1.165, 1.54) is 25.1 Å². The maximum Gasteiger partial charge on any atom is 0.311 e. The minimum Gasteiger partial charge on any atom is -0.487 e. The van der Waals surface area contributed by atoms with Crippen LogP contribution in [0.15, 0.2) is 36.4 Å². The zero-order chi connectivity index (χ0) is 19.6. The van der Waals surface area contributed by atoms with Crippen LogP contribution in [0.1, 0.15) is 29.8 Å². The van der Waals surface area contributed by atoms with Gasteiger partial charge in [-0.05, 0) is 49.2 Å². The standard InChI is InChI=1S/C19H19N3O5/c1-3-27-18-7-4-14(11-17(18)22(25)26)19(24)20-15-5-6-16-13(10-15)8-9-21(16)12(2)23/h4-7,10-11H,3,8-9H2,1-2H3,(H,20,24). The van der Waals surface area contributed by atoms with Crippen molar-refractivity contribution in [2.45, 2.75) is 20.3 Å². The van der Waals surface area contributed by atoms with E-state index in [1.54, 1.807) is 24.0 Å². The van der Waals surface area contributed by atoms with Crippen molar-refractivity contribution in [3.63, 3.8) is 0 Å². The number of ether oxygens (including phenoxy) is 1. The van der Waals surface area contributed by atoms with Gasteiger partial charge >= 0.3 is 5.69 Å². The molecule has 0 unspecified atom stereocenters. The van der Waals surface area contributed by atoms with Gasteiger partial charge in [0.15, 0.2) is 5.75 Å². The Balaban J connectivity index is 1.81. The molecule has 0 aliphatic carbocycles. The highest BCUT2D eigenvalue weighted by atomic mass is 16.6. The maximum atomic E-state index is 12.5. The molecule has 1 N–H and O–H groups in total. The van der Waals surface area contributed by atoms with Gasteiger partial charge in [-0.1, -0.05) is 0 Å². The van der Waals surface area contributed by atoms with Crippen molar-refractivity contribution >= 4 is 28.9 Å². The minimum atomic E-state index is -0.576. The van der Waals surface area contributed by atoms with Crippen LogP contribution in [0.5, 0.6) is 5.75 Å². The average Bonchev–Trinajstić information content (AvgIpc) is 3.05. The smallest absolute Gasteiger partial charge is 0.311 e. The molecule has 2 aromatic carbocycles. The van der Waals surface area contributed by atoms with Crippen LogP contribution in [0.2, 0.25) is 0 Å². The number of nitrogens with zero attached hydrogens (tertiary/aromatic N) is 2. The molecular weight excluding hydrogens is 350 g/mol. The molecule has 1 aliphatic heterocycles. The lowest BCUT2D eigenvalue weighted by molar-refractivity contribution is -0.385.